The van der Waals surface area contributed by atoms with Gasteiger partial charge in [-0.3, -0.25) is 9.69 Å². The fraction of sp³-hybridized carbons (Fsp3) is 0.538. The number of anilines is 1. The summed E-state index contributed by atoms with van der Waals surface area (Å²) >= 11 is 0. The molecule has 6 heteroatoms. The lowest BCUT2D eigenvalue weighted by Gasteiger charge is -2.23. The lowest BCUT2D eigenvalue weighted by Crippen LogP contribution is -2.27. The summed E-state index contributed by atoms with van der Waals surface area (Å²) in [5.74, 6) is 0.914. The first-order valence-electron chi connectivity index (χ1n) is 12.1. The van der Waals surface area contributed by atoms with Crippen LogP contribution in [0.15, 0.2) is 40.2 Å². The standard InChI is InChI=1S/C26H35N5O/c1-17(2)14-31-15-18-6-7-20(12-19(18)16-31)29-24(27)23-21(8-11-28-25(23)32)30-22-13-26(22)9-4-3-5-10-26/h6-8,11-12,17,22H,3-5,9-10,13-16H2,1-2H3,(H2,27,29)(H2,28,30,32). The second-order valence-corrected chi connectivity index (χ2v) is 10.4. The molecule has 1 aromatic heterocycles. The van der Waals surface area contributed by atoms with Crippen LogP contribution in [-0.4, -0.2) is 28.3 Å². The van der Waals surface area contributed by atoms with Crippen molar-refractivity contribution in [2.45, 2.75) is 71.5 Å². The number of H-pyrrole nitrogens is 1. The van der Waals surface area contributed by atoms with Gasteiger partial charge in [0.2, 0.25) is 0 Å². The van der Waals surface area contributed by atoms with Gasteiger partial charge in [-0.15, -0.1) is 0 Å². The first-order chi connectivity index (χ1) is 15.4. The average Bonchev–Trinajstić information content (AvgIpc) is 3.22. The Labute approximate surface area is 190 Å². The predicted molar refractivity (Wildman–Crippen MR) is 130 cm³/mol. The Morgan fingerprint density at radius 1 is 1.22 bits per heavy atom. The zero-order valence-corrected chi connectivity index (χ0v) is 19.3. The van der Waals surface area contributed by atoms with Crippen LogP contribution in [0.2, 0.25) is 0 Å². The number of rotatable bonds is 6. The molecule has 1 aliphatic heterocycles. The molecule has 5 rings (SSSR count). The average molecular weight is 434 g/mol. The highest BCUT2D eigenvalue weighted by molar-refractivity contribution is 6.03. The van der Waals surface area contributed by atoms with Gasteiger partial charge in [0.1, 0.15) is 11.4 Å². The van der Waals surface area contributed by atoms with Crippen LogP contribution in [0.1, 0.15) is 69.1 Å². The highest BCUT2D eigenvalue weighted by atomic mass is 16.1. The topological polar surface area (TPSA) is 86.5 Å². The van der Waals surface area contributed by atoms with Crippen molar-refractivity contribution in [2.75, 3.05) is 11.9 Å². The molecule has 2 fully saturated rings. The minimum absolute atomic E-state index is 0.195. The number of hydrogen-bond donors (Lipinski definition) is 3. The number of nitrogens with zero attached hydrogens (tertiary/aromatic N) is 2. The summed E-state index contributed by atoms with van der Waals surface area (Å²) in [5.41, 5.74) is 11.4. The number of nitrogens with one attached hydrogen (secondary N) is 2. The van der Waals surface area contributed by atoms with E-state index >= 15 is 0 Å². The molecule has 32 heavy (non-hydrogen) atoms. The van der Waals surface area contributed by atoms with Gasteiger partial charge in [0.05, 0.1) is 11.4 Å². The van der Waals surface area contributed by atoms with E-state index < -0.39 is 0 Å². The van der Waals surface area contributed by atoms with Gasteiger partial charge in [-0.05, 0) is 59.9 Å². The monoisotopic (exact) mass is 433 g/mol. The van der Waals surface area contributed by atoms with Crippen LogP contribution >= 0.6 is 0 Å². The maximum atomic E-state index is 12.7. The van der Waals surface area contributed by atoms with E-state index in [4.69, 9.17) is 5.73 Å². The number of aliphatic imine (C=N–C) groups is 1. The molecule has 0 radical (unpaired) electrons. The molecule has 1 unspecified atom stereocenters. The lowest BCUT2D eigenvalue weighted by atomic mass is 9.85. The predicted octanol–water partition coefficient (Wildman–Crippen LogP) is 4.52. The zero-order chi connectivity index (χ0) is 22.3. The smallest absolute Gasteiger partial charge is 0.261 e. The highest BCUT2D eigenvalue weighted by Crippen LogP contribution is 2.57. The number of amidine groups is 1. The van der Waals surface area contributed by atoms with E-state index in [1.54, 1.807) is 6.20 Å². The van der Waals surface area contributed by atoms with Crippen LogP contribution in [0, 0.1) is 11.3 Å². The van der Waals surface area contributed by atoms with Gasteiger partial charge >= 0.3 is 0 Å². The number of nitrogens with two attached hydrogens (primary N) is 1. The summed E-state index contributed by atoms with van der Waals surface area (Å²) in [7, 11) is 0. The van der Waals surface area contributed by atoms with Crippen LogP contribution in [0.25, 0.3) is 0 Å². The summed E-state index contributed by atoms with van der Waals surface area (Å²) in [6.07, 6.45) is 9.43. The van der Waals surface area contributed by atoms with Gasteiger partial charge in [0.25, 0.3) is 5.56 Å². The molecule has 0 bridgehead atoms. The van der Waals surface area contributed by atoms with Gasteiger partial charge in [-0.2, -0.15) is 0 Å². The quantitative estimate of drug-likeness (QED) is 0.462. The zero-order valence-electron chi connectivity index (χ0n) is 19.3. The molecule has 6 nitrogen and oxygen atoms in total. The SMILES string of the molecule is CC(C)CN1Cc2ccc(N=C(N)c3c(NC4CC45CCCCC5)cc[nH]c3=O)cc2C1. The van der Waals surface area contributed by atoms with Crippen LogP contribution in [0.4, 0.5) is 11.4 Å². The van der Waals surface area contributed by atoms with E-state index in [1.807, 2.05) is 12.1 Å². The Morgan fingerprint density at radius 2 is 2.00 bits per heavy atom. The number of pyridine rings is 1. The molecule has 0 saturated heterocycles. The largest absolute Gasteiger partial charge is 0.383 e. The summed E-state index contributed by atoms with van der Waals surface area (Å²) in [6, 6.07) is 8.62. The first-order valence-corrected chi connectivity index (χ1v) is 12.1. The van der Waals surface area contributed by atoms with Gasteiger partial charge < -0.3 is 16.0 Å². The third kappa shape index (κ3) is 4.20. The molecule has 3 aliphatic rings. The molecular formula is C26H35N5O. The summed E-state index contributed by atoms with van der Waals surface area (Å²) in [6.45, 7) is 7.52. The van der Waals surface area contributed by atoms with E-state index in [0.29, 0.717) is 22.9 Å². The highest BCUT2D eigenvalue weighted by Gasteiger charge is 2.54. The molecule has 2 aromatic rings. The van der Waals surface area contributed by atoms with Gasteiger partial charge in [-0.1, -0.05) is 39.2 Å². The van der Waals surface area contributed by atoms with Crippen molar-refractivity contribution in [2.24, 2.45) is 22.1 Å². The molecule has 1 atom stereocenters. The van der Waals surface area contributed by atoms with Gasteiger partial charge in [0.15, 0.2) is 0 Å². The van der Waals surface area contributed by atoms with Crippen molar-refractivity contribution >= 4 is 17.2 Å². The molecule has 1 aromatic carbocycles. The minimum Gasteiger partial charge on any atom is -0.383 e. The van der Waals surface area contributed by atoms with Crippen LogP contribution in [0.3, 0.4) is 0 Å². The van der Waals surface area contributed by atoms with E-state index in [1.165, 1.54) is 49.7 Å². The molecule has 2 saturated carbocycles. The second kappa shape index (κ2) is 8.39. The normalized spacial score (nSPS) is 22.3. The van der Waals surface area contributed by atoms with E-state index in [2.05, 4.69) is 46.2 Å². The fourth-order valence-corrected chi connectivity index (χ4v) is 5.76. The first kappa shape index (κ1) is 21.3. The number of aromatic amines is 1. The molecule has 2 aliphatic carbocycles. The number of hydrogen-bond acceptors (Lipinski definition) is 4. The third-order valence-electron chi connectivity index (χ3n) is 7.44. The van der Waals surface area contributed by atoms with Crippen molar-refractivity contribution < 1.29 is 0 Å². The Morgan fingerprint density at radius 3 is 2.78 bits per heavy atom. The van der Waals surface area contributed by atoms with E-state index in [-0.39, 0.29) is 11.4 Å². The summed E-state index contributed by atoms with van der Waals surface area (Å²) < 4.78 is 0. The van der Waals surface area contributed by atoms with Crippen molar-refractivity contribution in [3.05, 3.63) is 57.5 Å². The van der Waals surface area contributed by atoms with Gasteiger partial charge in [0, 0.05) is 31.9 Å². The Kier molecular flexibility index (Phi) is 5.58. The van der Waals surface area contributed by atoms with Crippen LogP contribution < -0.4 is 16.6 Å². The fourth-order valence-electron chi connectivity index (χ4n) is 5.76. The minimum atomic E-state index is -0.195. The van der Waals surface area contributed by atoms with Crippen molar-refractivity contribution in [3.8, 4) is 0 Å². The maximum absolute atomic E-state index is 12.7. The number of fused-ring (bicyclic) bond motifs is 1. The van der Waals surface area contributed by atoms with E-state index in [9.17, 15) is 4.79 Å². The lowest BCUT2D eigenvalue weighted by molar-refractivity contribution is 0.251. The Bertz CT molecular complexity index is 1080. The summed E-state index contributed by atoms with van der Waals surface area (Å²) in [4.78, 5) is 22.6. The Hall–Kier alpha value is -2.60. The second-order valence-electron chi connectivity index (χ2n) is 10.4. The Balaban J connectivity index is 1.36. The van der Waals surface area contributed by atoms with Gasteiger partial charge in [-0.25, -0.2) is 4.99 Å². The van der Waals surface area contributed by atoms with Crippen LogP contribution in [0.5, 0.6) is 0 Å². The molecule has 4 N–H and O–H groups in total. The molecule has 2 heterocycles. The number of aromatic nitrogens is 1. The van der Waals surface area contributed by atoms with E-state index in [0.717, 1.165) is 31.0 Å². The maximum Gasteiger partial charge on any atom is 0.261 e. The van der Waals surface area contributed by atoms with Crippen molar-refractivity contribution in [1.29, 1.82) is 0 Å². The molecule has 0 amide bonds. The van der Waals surface area contributed by atoms with Crippen molar-refractivity contribution in [3.63, 3.8) is 0 Å². The third-order valence-corrected chi connectivity index (χ3v) is 7.44. The van der Waals surface area contributed by atoms with Crippen LogP contribution in [-0.2, 0) is 13.1 Å². The molecule has 170 valence electrons. The number of benzene rings is 1. The van der Waals surface area contributed by atoms with Crippen molar-refractivity contribution in [1.82, 2.24) is 9.88 Å². The molecular weight excluding hydrogens is 398 g/mol. The summed E-state index contributed by atoms with van der Waals surface area (Å²) in [5, 5.41) is 3.63. The molecule has 1 spiro atoms.